The van der Waals surface area contributed by atoms with Crippen LogP contribution < -0.4 is 5.32 Å². The number of carbonyl (C=O) groups is 2. The molecule has 1 aliphatic rings. The molecule has 6 heteroatoms. The number of amides is 1. The molecule has 1 aromatic heterocycles. The fraction of sp³-hybridized carbons (Fsp3) is 0.500. The number of hydrogen-bond acceptors (Lipinski definition) is 3. The summed E-state index contributed by atoms with van der Waals surface area (Å²) >= 11 is 5.81. The van der Waals surface area contributed by atoms with E-state index in [-0.39, 0.29) is 12.3 Å². The summed E-state index contributed by atoms with van der Waals surface area (Å²) in [6.07, 6.45) is 7.16. The van der Waals surface area contributed by atoms with Gasteiger partial charge in [-0.25, -0.2) is 0 Å². The van der Waals surface area contributed by atoms with Crippen LogP contribution in [-0.2, 0) is 4.79 Å². The number of halogens is 1. The van der Waals surface area contributed by atoms with Gasteiger partial charge in [0.1, 0.15) is 0 Å². The number of aliphatic carboxylic acids is 1. The van der Waals surface area contributed by atoms with Crippen LogP contribution >= 0.6 is 11.6 Å². The van der Waals surface area contributed by atoms with Gasteiger partial charge in [0.15, 0.2) is 0 Å². The van der Waals surface area contributed by atoms with Crippen molar-refractivity contribution in [2.75, 3.05) is 0 Å². The molecule has 1 saturated carbocycles. The van der Waals surface area contributed by atoms with Crippen molar-refractivity contribution in [3.63, 3.8) is 0 Å². The minimum Gasteiger partial charge on any atom is -0.481 e. The Morgan fingerprint density at radius 3 is 2.60 bits per heavy atom. The summed E-state index contributed by atoms with van der Waals surface area (Å²) in [6, 6.07) is 1.53. The second-order valence-electron chi connectivity index (χ2n) is 5.26. The number of carboxylic acid groups (broad SMARTS) is 1. The van der Waals surface area contributed by atoms with Crippen LogP contribution in [0.1, 0.15) is 48.9 Å². The Labute approximate surface area is 122 Å². The number of pyridine rings is 1. The van der Waals surface area contributed by atoms with E-state index in [0.29, 0.717) is 23.4 Å². The highest BCUT2D eigenvalue weighted by atomic mass is 35.5. The summed E-state index contributed by atoms with van der Waals surface area (Å²) in [5.41, 5.74) is -0.295. The first-order valence-corrected chi connectivity index (χ1v) is 7.03. The van der Waals surface area contributed by atoms with Crippen molar-refractivity contribution < 1.29 is 14.7 Å². The Balaban J connectivity index is 2.15. The molecule has 0 bridgehead atoms. The molecule has 2 N–H and O–H groups in total. The van der Waals surface area contributed by atoms with E-state index in [4.69, 9.17) is 16.7 Å². The Bertz CT molecular complexity index is 513. The Hall–Kier alpha value is -1.62. The van der Waals surface area contributed by atoms with Gasteiger partial charge in [0.05, 0.1) is 22.5 Å². The normalized spacial score (nSPS) is 17.4. The van der Waals surface area contributed by atoms with Gasteiger partial charge in [0.2, 0.25) is 0 Å². The minimum absolute atomic E-state index is 0.0489. The Morgan fingerprint density at radius 1 is 1.30 bits per heavy atom. The fourth-order valence-electron chi connectivity index (χ4n) is 2.71. The molecule has 0 atom stereocenters. The second kappa shape index (κ2) is 6.22. The van der Waals surface area contributed by atoms with Gasteiger partial charge in [0.25, 0.3) is 5.91 Å². The zero-order valence-electron chi connectivity index (χ0n) is 11.1. The van der Waals surface area contributed by atoms with Crippen molar-refractivity contribution in [1.29, 1.82) is 0 Å². The number of hydrogen-bond donors (Lipinski definition) is 2. The van der Waals surface area contributed by atoms with E-state index in [1.165, 1.54) is 18.5 Å². The van der Waals surface area contributed by atoms with Gasteiger partial charge < -0.3 is 10.4 Å². The van der Waals surface area contributed by atoms with Crippen LogP contribution in [0.4, 0.5) is 0 Å². The van der Waals surface area contributed by atoms with Crippen LogP contribution in [0.25, 0.3) is 0 Å². The van der Waals surface area contributed by atoms with Crippen LogP contribution in [0.5, 0.6) is 0 Å². The van der Waals surface area contributed by atoms with Gasteiger partial charge in [-0.05, 0) is 18.9 Å². The molecule has 1 fully saturated rings. The molecular formula is C14H17ClN2O3. The number of carbonyl (C=O) groups excluding carboxylic acids is 1. The monoisotopic (exact) mass is 296 g/mol. The third-order valence-corrected chi connectivity index (χ3v) is 3.85. The number of rotatable bonds is 4. The molecule has 108 valence electrons. The predicted molar refractivity (Wildman–Crippen MR) is 74.8 cm³/mol. The molecule has 0 unspecified atom stereocenters. The highest BCUT2D eigenvalue weighted by Gasteiger charge is 2.36. The van der Waals surface area contributed by atoms with E-state index < -0.39 is 11.5 Å². The highest BCUT2D eigenvalue weighted by molar-refractivity contribution is 6.30. The first-order valence-electron chi connectivity index (χ1n) is 6.66. The minimum atomic E-state index is -0.892. The van der Waals surface area contributed by atoms with Gasteiger partial charge in [-0.15, -0.1) is 0 Å². The van der Waals surface area contributed by atoms with Gasteiger partial charge in [-0.2, -0.15) is 0 Å². The van der Waals surface area contributed by atoms with Crippen molar-refractivity contribution >= 4 is 23.5 Å². The summed E-state index contributed by atoms with van der Waals surface area (Å²) in [5.74, 6) is -1.21. The lowest BCUT2D eigenvalue weighted by molar-refractivity contribution is -0.139. The average Bonchev–Trinajstić information content (AvgIpc) is 2.38. The first-order chi connectivity index (χ1) is 9.51. The summed E-state index contributed by atoms with van der Waals surface area (Å²) in [7, 11) is 0. The summed E-state index contributed by atoms with van der Waals surface area (Å²) in [6.45, 7) is 0. The van der Waals surface area contributed by atoms with Gasteiger partial charge in [0, 0.05) is 12.4 Å². The largest absolute Gasteiger partial charge is 0.481 e. The van der Waals surface area contributed by atoms with E-state index in [1.54, 1.807) is 0 Å². The lowest BCUT2D eigenvalue weighted by Gasteiger charge is -2.37. The molecule has 0 aliphatic heterocycles. The number of nitrogens with one attached hydrogen (secondary N) is 1. The van der Waals surface area contributed by atoms with Gasteiger partial charge >= 0.3 is 5.97 Å². The highest BCUT2D eigenvalue weighted by Crippen LogP contribution is 2.31. The molecule has 1 aromatic rings. The number of aromatic nitrogens is 1. The van der Waals surface area contributed by atoms with Crippen LogP contribution in [-0.4, -0.2) is 27.5 Å². The first kappa shape index (κ1) is 14.8. The molecule has 5 nitrogen and oxygen atoms in total. The number of nitrogens with zero attached hydrogens (tertiary/aromatic N) is 1. The molecule has 0 radical (unpaired) electrons. The maximum absolute atomic E-state index is 12.2. The van der Waals surface area contributed by atoms with Crippen LogP contribution in [0, 0.1) is 0 Å². The van der Waals surface area contributed by atoms with Crippen LogP contribution in [0.3, 0.4) is 0 Å². The summed E-state index contributed by atoms with van der Waals surface area (Å²) in [4.78, 5) is 27.2. The molecule has 0 spiro atoms. The van der Waals surface area contributed by atoms with Crippen molar-refractivity contribution in [3.05, 3.63) is 29.0 Å². The van der Waals surface area contributed by atoms with Crippen LogP contribution in [0.15, 0.2) is 18.5 Å². The fourth-order valence-corrected chi connectivity index (χ4v) is 2.89. The molecular weight excluding hydrogens is 280 g/mol. The Kier molecular flexibility index (Phi) is 4.60. The summed E-state index contributed by atoms with van der Waals surface area (Å²) < 4.78 is 0. The number of carboxylic acids is 1. The zero-order valence-corrected chi connectivity index (χ0v) is 11.8. The van der Waals surface area contributed by atoms with Gasteiger partial charge in [-0.3, -0.25) is 14.6 Å². The Morgan fingerprint density at radius 2 is 2.00 bits per heavy atom. The lowest BCUT2D eigenvalue weighted by Crippen LogP contribution is -2.51. The van der Waals surface area contributed by atoms with Gasteiger partial charge in [-0.1, -0.05) is 30.9 Å². The van der Waals surface area contributed by atoms with Crippen molar-refractivity contribution in [3.8, 4) is 0 Å². The van der Waals surface area contributed by atoms with E-state index >= 15 is 0 Å². The topological polar surface area (TPSA) is 79.3 Å². The van der Waals surface area contributed by atoms with E-state index in [2.05, 4.69) is 10.3 Å². The van der Waals surface area contributed by atoms with Crippen molar-refractivity contribution in [2.45, 2.75) is 44.1 Å². The quantitative estimate of drug-likeness (QED) is 0.895. The van der Waals surface area contributed by atoms with Crippen molar-refractivity contribution in [1.82, 2.24) is 10.3 Å². The third-order valence-electron chi connectivity index (χ3n) is 3.65. The maximum Gasteiger partial charge on any atom is 0.305 e. The molecule has 1 amide bonds. The lowest BCUT2D eigenvalue weighted by atomic mass is 9.79. The molecule has 1 aliphatic carbocycles. The van der Waals surface area contributed by atoms with E-state index in [9.17, 15) is 9.59 Å². The van der Waals surface area contributed by atoms with E-state index in [0.717, 1.165) is 19.3 Å². The standard InChI is InChI=1S/C14H17ClN2O3/c15-11-6-10(8-16-9-11)13(20)17-14(7-12(18)19)4-2-1-3-5-14/h6,8-9H,1-5,7H2,(H,17,20)(H,18,19). The maximum atomic E-state index is 12.2. The average molecular weight is 297 g/mol. The molecule has 0 aromatic carbocycles. The molecule has 0 saturated heterocycles. The van der Waals surface area contributed by atoms with E-state index in [1.807, 2.05) is 0 Å². The molecule has 1 heterocycles. The molecule has 2 rings (SSSR count). The smallest absolute Gasteiger partial charge is 0.305 e. The SMILES string of the molecule is O=C(O)CC1(NC(=O)c2cncc(Cl)c2)CCCCC1. The second-order valence-corrected chi connectivity index (χ2v) is 5.69. The molecule has 20 heavy (non-hydrogen) atoms. The zero-order chi connectivity index (χ0) is 14.6. The summed E-state index contributed by atoms with van der Waals surface area (Å²) in [5, 5.41) is 12.3. The van der Waals surface area contributed by atoms with Crippen molar-refractivity contribution in [2.24, 2.45) is 0 Å². The predicted octanol–water partition coefficient (Wildman–Crippen LogP) is 2.64. The third kappa shape index (κ3) is 3.70. The van der Waals surface area contributed by atoms with Crippen LogP contribution in [0.2, 0.25) is 5.02 Å².